The molecule has 0 amide bonds. The Kier molecular flexibility index (Phi) is 4.14. The van der Waals surface area contributed by atoms with Crippen molar-refractivity contribution < 1.29 is 13.7 Å². The quantitative estimate of drug-likeness (QED) is 0.483. The van der Waals surface area contributed by atoms with Crippen molar-refractivity contribution in [2.75, 3.05) is 6.54 Å². The Balaban J connectivity index is 2.69. The lowest BCUT2D eigenvalue weighted by Gasteiger charge is -2.07. The Labute approximate surface area is 93.4 Å². The minimum absolute atomic E-state index is 0.213. The lowest BCUT2D eigenvalue weighted by atomic mass is 10.1. The van der Waals surface area contributed by atoms with Crippen molar-refractivity contribution in [3.8, 4) is 0 Å². The topological polar surface area (TPSA) is 43.1 Å². The first-order valence-corrected chi connectivity index (χ1v) is 5.13. The van der Waals surface area contributed by atoms with E-state index in [-0.39, 0.29) is 17.8 Å². The molecule has 0 aliphatic rings. The molecule has 1 rings (SSSR count). The van der Waals surface area contributed by atoms with Gasteiger partial charge in [-0.25, -0.2) is 8.78 Å². The molecule has 0 aromatic heterocycles. The fourth-order valence-corrected chi connectivity index (χ4v) is 1.58. The van der Waals surface area contributed by atoms with Gasteiger partial charge in [-0.2, -0.15) is 0 Å². The summed E-state index contributed by atoms with van der Waals surface area (Å²) in [7, 11) is 0. The number of hydrogen-bond donors (Lipinski definition) is 0. The van der Waals surface area contributed by atoms with E-state index in [0.717, 1.165) is 12.1 Å². The molecule has 1 atom stereocenters. The number of rotatable bonds is 4. The summed E-state index contributed by atoms with van der Waals surface area (Å²) in [5, 5.41) is 10.1. The molecule has 0 spiro atoms. The van der Waals surface area contributed by atoms with E-state index < -0.39 is 16.6 Å². The summed E-state index contributed by atoms with van der Waals surface area (Å²) in [6.07, 6.45) is 0.234. The summed E-state index contributed by atoms with van der Waals surface area (Å²) >= 11 is 3.18. The van der Waals surface area contributed by atoms with Gasteiger partial charge in [0.2, 0.25) is 6.54 Å². The van der Waals surface area contributed by atoms with Crippen LogP contribution in [0.25, 0.3) is 0 Å². The van der Waals surface area contributed by atoms with Crippen LogP contribution in [0.5, 0.6) is 0 Å². The first kappa shape index (κ1) is 12.0. The minimum atomic E-state index is -0.946. The van der Waals surface area contributed by atoms with Gasteiger partial charge >= 0.3 is 0 Å². The second-order valence-electron chi connectivity index (χ2n) is 2.99. The zero-order chi connectivity index (χ0) is 11.4. The van der Waals surface area contributed by atoms with Crippen LogP contribution >= 0.6 is 15.9 Å². The van der Waals surface area contributed by atoms with Crippen molar-refractivity contribution in [3.05, 3.63) is 45.5 Å². The Bertz CT molecular complexity index is 373. The van der Waals surface area contributed by atoms with E-state index in [4.69, 9.17) is 0 Å². The van der Waals surface area contributed by atoms with Crippen molar-refractivity contribution in [2.24, 2.45) is 0 Å². The number of hydrogen-bond acceptors (Lipinski definition) is 2. The SMILES string of the molecule is O=[N+]([O-])CC[C@H](Br)c1ccc(F)c(F)c1. The third-order valence-electron chi connectivity index (χ3n) is 1.87. The summed E-state index contributed by atoms with van der Waals surface area (Å²) in [4.78, 5) is 9.32. The molecule has 0 bridgehead atoms. The number of benzene rings is 1. The van der Waals surface area contributed by atoms with Gasteiger partial charge in [0.05, 0.1) is 0 Å². The molecule has 1 aromatic carbocycles. The first-order chi connectivity index (χ1) is 7.00. The average molecular weight is 280 g/mol. The highest BCUT2D eigenvalue weighted by Gasteiger charge is 2.13. The summed E-state index contributed by atoms with van der Waals surface area (Å²) in [6, 6.07) is 3.44. The Morgan fingerprint density at radius 2 is 2.07 bits per heavy atom. The van der Waals surface area contributed by atoms with Gasteiger partial charge in [0.15, 0.2) is 11.6 Å². The highest BCUT2D eigenvalue weighted by Crippen LogP contribution is 2.27. The number of alkyl halides is 1. The molecule has 0 fully saturated rings. The van der Waals surface area contributed by atoms with E-state index in [2.05, 4.69) is 15.9 Å². The summed E-state index contributed by atoms with van der Waals surface area (Å²) < 4.78 is 25.4. The van der Waals surface area contributed by atoms with Gasteiger partial charge in [0, 0.05) is 16.2 Å². The maximum atomic E-state index is 12.8. The molecule has 15 heavy (non-hydrogen) atoms. The Morgan fingerprint density at radius 1 is 1.40 bits per heavy atom. The summed E-state index contributed by atoms with van der Waals surface area (Å²) in [5.41, 5.74) is 0.496. The van der Waals surface area contributed by atoms with E-state index in [9.17, 15) is 18.9 Å². The van der Waals surface area contributed by atoms with Crippen molar-refractivity contribution in [3.63, 3.8) is 0 Å². The van der Waals surface area contributed by atoms with Gasteiger partial charge in [0.25, 0.3) is 0 Å². The van der Waals surface area contributed by atoms with Gasteiger partial charge in [-0.05, 0) is 17.7 Å². The molecule has 0 aliphatic heterocycles. The van der Waals surface area contributed by atoms with Crippen LogP contribution in [0.1, 0.15) is 16.8 Å². The fourth-order valence-electron chi connectivity index (χ4n) is 1.09. The number of nitro groups is 1. The predicted molar refractivity (Wildman–Crippen MR) is 54.5 cm³/mol. The maximum absolute atomic E-state index is 12.8. The van der Waals surface area contributed by atoms with E-state index in [1.165, 1.54) is 6.07 Å². The van der Waals surface area contributed by atoms with Gasteiger partial charge in [-0.3, -0.25) is 10.1 Å². The largest absolute Gasteiger partial charge is 0.265 e. The van der Waals surface area contributed by atoms with E-state index >= 15 is 0 Å². The molecule has 0 aliphatic carbocycles. The second kappa shape index (κ2) is 5.16. The standard InChI is InChI=1S/C9H8BrF2NO2/c10-7(3-4-13(14)15)6-1-2-8(11)9(12)5-6/h1-2,5,7H,3-4H2/t7-/m0/s1. The molecule has 0 heterocycles. The van der Waals surface area contributed by atoms with Crippen LogP contribution in [0.3, 0.4) is 0 Å². The van der Waals surface area contributed by atoms with Crippen LogP contribution in [-0.2, 0) is 0 Å². The van der Waals surface area contributed by atoms with Crippen LogP contribution in [0, 0.1) is 21.7 Å². The number of halogens is 3. The third-order valence-corrected chi connectivity index (χ3v) is 2.86. The third kappa shape index (κ3) is 3.54. The molecule has 0 saturated heterocycles. The van der Waals surface area contributed by atoms with Crippen LogP contribution < -0.4 is 0 Å². The lowest BCUT2D eigenvalue weighted by Crippen LogP contribution is -2.04. The molecular formula is C9H8BrF2NO2. The Hall–Kier alpha value is -1.04. The minimum Gasteiger partial charge on any atom is -0.265 e. The molecular weight excluding hydrogens is 272 g/mol. The smallest absolute Gasteiger partial charge is 0.205 e. The van der Waals surface area contributed by atoms with Crippen LogP contribution in [-0.4, -0.2) is 11.5 Å². The molecule has 82 valence electrons. The molecule has 6 heteroatoms. The van der Waals surface area contributed by atoms with Crippen molar-refractivity contribution in [1.82, 2.24) is 0 Å². The Morgan fingerprint density at radius 3 is 2.60 bits per heavy atom. The highest BCUT2D eigenvalue weighted by atomic mass is 79.9. The van der Waals surface area contributed by atoms with Gasteiger partial charge in [0.1, 0.15) is 0 Å². The van der Waals surface area contributed by atoms with E-state index in [1.54, 1.807) is 0 Å². The van der Waals surface area contributed by atoms with Crippen LogP contribution in [0.2, 0.25) is 0 Å². The molecule has 0 N–H and O–H groups in total. The van der Waals surface area contributed by atoms with E-state index in [0.29, 0.717) is 5.56 Å². The monoisotopic (exact) mass is 279 g/mol. The lowest BCUT2D eigenvalue weighted by molar-refractivity contribution is -0.480. The predicted octanol–water partition coefficient (Wildman–Crippen LogP) is 3.07. The average Bonchev–Trinajstić information content (AvgIpc) is 2.18. The summed E-state index contributed by atoms with van der Waals surface area (Å²) in [6.45, 7) is -0.213. The normalized spacial score (nSPS) is 12.5. The van der Waals surface area contributed by atoms with Crippen LogP contribution in [0.4, 0.5) is 8.78 Å². The fraction of sp³-hybridized carbons (Fsp3) is 0.333. The van der Waals surface area contributed by atoms with Gasteiger partial charge in [-0.15, -0.1) is 0 Å². The zero-order valence-corrected chi connectivity index (χ0v) is 9.21. The van der Waals surface area contributed by atoms with Gasteiger partial charge < -0.3 is 0 Å². The molecule has 0 saturated carbocycles. The highest BCUT2D eigenvalue weighted by molar-refractivity contribution is 9.09. The first-order valence-electron chi connectivity index (χ1n) is 4.21. The number of nitrogens with zero attached hydrogens (tertiary/aromatic N) is 1. The molecule has 0 unspecified atom stereocenters. The molecule has 0 radical (unpaired) electrons. The summed E-state index contributed by atoms with van der Waals surface area (Å²) in [5.74, 6) is -1.87. The second-order valence-corrected chi connectivity index (χ2v) is 4.09. The van der Waals surface area contributed by atoms with Gasteiger partial charge in [-0.1, -0.05) is 22.0 Å². The van der Waals surface area contributed by atoms with Crippen molar-refractivity contribution in [2.45, 2.75) is 11.2 Å². The van der Waals surface area contributed by atoms with Crippen molar-refractivity contribution >= 4 is 15.9 Å². The molecule has 1 aromatic rings. The van der Waals surface area contributed by atoms with Crippen LogP contribution in [0.15, 0.2) is 18.2 Å². The van der Waals surface area contributed by atoms with E-state index in [1.807, 2.05) is 0 Å². The maximum Gasteiger partial charge on any atom is 0.205 e. The molecule has 3 nitrogen and oxygen atoms in total. The zero-order valence-electron chi connectivity index (χ0n) is 7.62. The van der Waals surface area contributed by atoms with Crippen molar-refractivity contribution in [1.29, 1.82) is 0 Å².